The summed E-state index contributed by atoms with van der Waals surface area (Å²) in [6.45, 7) is 1.94. The van der Waals surface area contributed by atoms with Gasteiger partial charge in [0.15, 0.2) is 0 Å². The number of rotatable bonds is 5. The molecule has 1 rings (SSSR count). The lowest BCUT2D eigenvalue weighted by molar-refractivity contribution is -0.137. The average molecular weight is 272 g/mol. The van der Waals surface area contributed by atoms with Gasteiger partial charge in [0, 0.05) is 5.57 Å². The standard InChI is InChI=1S/C14H15F3O2/c1-2-3-4-11(13(18)19)9-10-5-7-12(8-6-10)14(15,16)17/h5-9H,2-4H2,1H3,(H,18,19)/b11-9+. The molecule has 0 unspecified atom stereocenters. The largest absolute Gasteiger partial charge is 0.478 e. The first-order valence-electron chi connectivity index (χ1n) is 5.95. The van der Waals surface area contributed by atoms with Crippen molar-refractivity contribution in [3.8, 4) is 0 Å². The lowest BCUT2D eigenvalue weighted by Gasteiger charge is -2.06. The molecule has 0 heterocycles. The normalized spacial score (nSPS) is 12.5. The fourth-order valence-electron chi connectivity index (χ4n) is 1.58. The second-order valence-electron chi connectivity index (χ2n) is 4.20. The maximum absolute atomic E-state index is 12.4. The number of benzene rings is 1. The summed E-state index contributed by atoms with van der Waals surface area (Å²) in [4.78, 5) is 11.0. The molecule has 2 nitrogen and oxygen atoms in total. The Hall–Kier alpha value is -1.78. The molecular weight excluding hydrogens is 257 g/mol. The Morgan fingerprint density at radius 3 is 2.26 bits per heavy atom. The van der Waals surface area contributed by atoms with E-state index < -0.39 is 17.7 Å². The van der Waals surface area contributed by atoms with Gasteiger partial charge in [-0.1, -0.05) is 25.5 Å². The molecule has 0 aliphatic rings. The first-order valence-corrected chi connectivity index (χ1v) is 5.95. The van der Waals surface area contributed by atoms with Crippen LogP contribution in [0.5, 0.6) is 0 Å². The Kier molecular flexibility index (Phi) is 5.15. The number of carboxylic acids is 1. The van der Waals surface area contributed by atoms with Crippen LogP contribution in [-0.4, -0.2) is 11.1 Å². The first-order chi connectivity index (χ1) is 8.84. The van der Waals surface area contributed by atoms with E-state index in [4.69, 9.17) is 5.11 Å². The van der Waals surface area contributed by atoms with Crippen molar-refractivity contribution in [1.82, 2.24) is 0 Å². The number of hydrogen-bond donors (Lipinski definition) is 1. The van der Waals surface area contributed by atoms with Gasteiger partial charge >= 0.3 is 12.1 Å². The molecule has 19 heavy (non-hydrogen) atoms. The smallest absolute Gasteiger partial charge is 0.416 e. The Balaban J connectivity index is 2.93. The number of carbonyl (C=O) groups is 1. The van der Waals surface area contributed by atoms with Crippen LogP contribution in [0.2, 0.25) is 0 Å². The summed E-state index contributed by atoms with van der Waals surface area (Å²) < 4.78 is 37.1. The van der Waals surface area contributed by atoms with E-state index in [1.54, 1.807) is 0 Å². The summed E-state index contributed by atoms with van der Waals surface area (Å²) in [5.74, 6) is -1.03. The van der Waals surface area contributed by atoms with Crippen molar-refractivity contribution in [2.24, 2.45) is 0 Å². The van der Waals surface area contributed by atoms with Gasteiger partial charge in [0.2, 0.25) is 0 Å². The molecule has 1 aromatic carbocycles. The SMILES string of the molecule is CCCC/C(=C\c1ccc(C(F)(F)F)cc1)C(=O)O. The minimum atomic E-state index is -4.37. The topological polar surface area (TPSA) is 37.3 Å². The summed E-state index contributed by atoms with van der Waals surface area (Å²) in [6.07, 6.45) is -0.957. The Morgan fingerprint density at radius 2 is 1.84 bits per heavy atom. The van der Waals surface area contributed by atoms with Gasteiger partial charge in [0.05, 0.1) is 5.56 Å². The molecule has 0 aliphatic heterocycles. The summed E-state index contributed by atoms with van der Waals surface area (Å²) in [6, 6.07) is 4.45. The van der Waals surface area contributed by atoms with Crippen molar-refractivity contribution in [1.29, 1.82) is 0 Å². The third-order valence-corrected chi connectivity index (χ3v) is 2.65. The summed E-state index contributed by atoms with van der Waals surface area (Å²) >= 11 is 0. The second-order valence-corrected chi connectivity index (χ2v) is 4.20. The molecule has 1 aromatic rings. The van der Waals surface area contributed by atoms with E-state index in [1.165, 1.54) is 18.2 Å². The molecule has 0 fully saturated rings. The number of hydrogen-bond acceptors (Lipinski definition) is 1. The Bertz CT molecular complexity index is 459. The van der Waals surface area contributed by atoms with E-state index >= 15 is 0 Å². The third kappa shape index (κ3) is 4.77. The van der Waals surface area contributed by atoms with Gasteiger partial charge in [-0.25, -0.2) is 4.79 Å². The number of carboxylic acid groups (broad SMARTS) is 1. The molecule has 0 aromatic heterocycles. The Labute approximate surface area is 109 Å². The maximum atomic E-state index is 12.4. The highest BCUT2D eigenvalue weighted by Crippen LogP contribution is 2.29. The van der Waals surface area contributed by atoms with Crippen LogP contribution in [-0.2, 0) is 11.0 Å². The monoisotopic (exact) mass is 272 g/mol. The number of aliphatic carboxylic acids is 1. The highest BCUT2D eigenvalue weighted by Gasteiger charge is 2.29. The minimum Gasteiger partial charge on any atom is -0.478 e. The molecule has 0 saturated carbocycles. The van der Waals surface area contributed by atoms with Crippen molar-refractivity contribution >= 4 is 12.0 Å². The van der Waals surface area contributed by atoms with Gasteiger partial charge in [-0.05, 0) is 36.6 Å². The van der Waals surface area contributed by atoms with Crippen molar-refractivity contribution in [2.45, 2.75) is 32.4 Å². The van der Waals surface area contributed by atoms with Crippen LogP contribution in [0.1, 0.15) is 37.3 Å². The number of alkyl halides is 3. The van der Waals surface area contributed by atoms with Gasteiger partial charge in [0.1, 0.15) is 0 Å². The molecular formula is C14H15F3O2. The van der Waals surface area contributed by atoms with Gasteiger partial charge in [0.25, 0.3) is 0 Å². The zero-order chi connectivity index (χ0) is 14.5. The zero-order valence-electron chi connectivity index (χ0n) is 10.5. The van der Waals surface area contributed by atoms with Gasteiger partial charge in [-0.15, -0.1) is 0 Å². The number of unbranched alkanes of at least 4 members (excludes halogenated alkanes) is 1. The van der Waals surface area contributed by atoms with Gasteiger partial charge in [-0.2, -0.15) is 13.2 Å². The molecule has 0 aliphatic carbocycles. The van der Waals surface area contributed by atoms with Crippen molar-refractivity contribution < 1.29 is 23.1 Å². The fraction of sp³-hybridized carbons (Fsp3) is 0.357. The van der Waals surface area contributed by atoms with E-state index in [0.29, 0.717) is 12.0 Å². The van der Waals surface area contributed by atoms with Crippen molar-refractivity contribution in [3.05, 3.63) is 41.0 Å². The maximum Gasteiger partial charge on any atom is 0.416 e. The predicted octanol–water partition coefficient (Wildman–Crippen LogP) is 4.36. The van der Waals surface area contributed by atoms with E-state index in [9.17, 15) is 18.0 Å². The van der Waals surface area contributed by atoms with Crippen LogP contribution < -0.4 is 0 Å². The molecule has 5 heteroatoms. The van der Waals surface area contributed by atoms with Gasteiger partial charge in [-0.3, -0.25) is 0 Å². The molecule has 0 spiro atoms. The molecule has 0 atom stereocenters. The Morgan fingerprint density at radius 1 is 1.26 bits per heavy atom. The van der Waals surface area contributed by atoms with Crippen LogP contribution >= 0.6 is 0 Å². The van der Waals surface area contributed by atoms with Crippen LogP contribution in [0.4, 0.5) is 13.2 Å². The minimum absolute atomic E-state index is 0.210. The van der Waals surface area contributed by atoms with Crippen molar-refractivity contribution in [2.75, 3.05) is 0 Å². The fourth-order valence-corrected chi connectivity index (χ4v) is 1.58. The molecule has 1 N–H and O–H groups in total. The van der Waals surface area contributed by atoms with E-state index in [-0.39, 0.29) is 5.57 Å². The summed E-state index contributed by atoms with van der Waals surface area (Å²) in [5.41, 5.74) is -0.0711. The molecule has 0 bridgehead atoms. The molecule has 104 valence electrons. The summed E-state index contributed by atoms with van der Waals surface area (Å²) in [5, 5.41) is 9.00. The molecule has 0 amide bonds. The van der Waals surface area contributed by atoms with E-state index in [1.807, 2.05) is 6.92 Å². The van der Waals surface area contributed by atoms with Gasteiger partial charge < -0.3 is 5.11 Å². The second kappa shape index (κ2) is 6.41. The quantitative estimate of drug-likeness (QED) is 0.808. The highest BCUT2D eigenvalue weighted by atomic mass is 19.4. The molecule has 0 saturated heterocycles. The van der Waals surface area contributed by atoms with Crippen LogP contribution in [0.3, 0.4) is 0 Å². The average Bonchev–Trinajstić information content (AvgIpc) is 2.33. The zero-order valence-corrected chi connectivity index (χ0v) is 10.5. The molecule has 0 radical (unpaired) electrons. The lowest BCUT2D eigenvalue weighted by Crippen LogP contribution is -2.04. The predicted molar refractivity (Wildman–Crippen MR) is 66.6 cm³/mol. The first kappa shape index (κ1) is 15.3. The van der Waals surface area contributed by atoms with Crippen LogP contribution in [0.15, 0.2) is 29.8 Å². The highest BCUT2D eigenvalue weighted by molar-refractivity contribution is 5.92. The van der Waals surface area contributed by atoms with E-state index in [0.717, 1.165) is 25.0 Å². The van der Waals surface area contributed by atoms with Crippen molar-refractivity contribution in [3.63, 3.8) is 0 Å². The number of halogens is 3. The lowest BCUT2D eigenvalue weighted by atomic mass is 10.0. The summed E-state index contributed by atoms with van der Waals surface area (Å²) in [7, 11) is 0. The van der Waals surface area contributed by atoms with Crippen LogP contribution in [0, 0.1) is 0 Å². The third-order valence-electron chi connectivity index (χ3n) is 2.65. The van der Waals surface area contributed by atoms with Crippen LogP contribution in [0.25, 0.3) is 6.08 Å². The van der Waals surface area contributed by atoms with E-state index in [2.05, 4.69) is 0 Å².